The van der Waals surface area contributed by atoms with E-state index in [2.05, 4.69) is 17.4 Å². The van der Waals surface area contributed by atoms with Crippen LogP contribution in [0.5, 0.6) is 5.75 Å². The van der Waals surface area contributed by atoms with E-state index < -0.39 is 0 Å². The number of unbranched alkanes of at least 4 members (excludes halogenated alkanes) is 6. The molecule has 0 aliphatic carbocycles. The second-order valence-corrected chi connectivity index (χ2v) is 5.51. The minimum atomic E-state index is -0.320. The Bertz CT molecular complexity index is 390. The molecule has 3 nitrogen and oxygen atoms in total. The molecule has 0 aromatic heterocycles. The summed E-state index contributed by atoms with van der Waals surface area (Å²) in [5, 5.41) is 0. The maximum absolute atomic E-state index is 11.3. The van der Waals surface area contributed by atoms with Crippen LogP contribution in [0.4, 0.5) is 0 Å². The Hall–Kier alpha value is -1.16. The fourth-order valence-electron chi connectivity index (χ4n) is 2.09. The summed E-state index contributed by atoms with van der Waals surface area (Å²) >= 11 is 4.21. The van der Waals surface area contributed by atoms with Gasteiger partial charge in [-0.3, -0.25) is 0 Å². The van der Waals surface area contributed by atoms with Crippen LogP contribution in [0, 0.1) is 0 Å². The van der Waals surface area contributed by atoms with Gasteiger partial charge in [0, 0.05) is 0 Å². The van der Waals surface area contributed by atoms with E-state index in [9.17, 15) is 4.79 Å². The zero-order chi connectivity index (χ0) is 15.3. The van der Waals surface area contributed by atoms with Gasteiger partial charge in [0.15, 0.2) is 0 Å². The number of hydrogen-bond donors (Lipinski definition) is 1. The fourth-order valence-corrected chi connectivity index (χ4v) is 2.32. The van der Waals surface area contributed by atoms with Crippen LogP contribution >= 0.6 is 12.6 Å². The van der Waals surface area contributed by atoms with Gasteiger partial charge in [-0.1, -0.05) is 32.1 Å². The summed E-state index contributed by atoms with van der Waals surface area (Å²) in [4.78, 5) is 11.3. The largest absolute Gasteiger partial charge is 0.494 e. The van der Waals surface area contributed by atoms with Crippen molar-refractivity contribution >= 4 is 18.6 Å². The zero-order valence-corrected chi connectivity index (χ0v) is 13.7. The van der Waals surface area contributed by atoms with Gasteiger partial charge < -0.3 is 9.47 Å². The van der Waals surface area contributed by atoms with Gasteiger partial charge in [0.05, 0.1) is 19.3 Å². The molecule has 0 heterocycles. The van der Waals surface area contributed by atoms with E-state index in [1.165, 1.54) is 45.6 Å². The first-order chi connectivity index (χ1) is 10.3. The van der Waals surface area contributed by atoms with Crippen LogP contribution in [-0.4, -0.2) is 25.4 Å². The molecule has 4 heteroatoms. The molecular weight excluding hydrogens is 284 g/mol. The fraction of sp³-hybridized carbons (Fsp3) is 0.588. The highest BCUT2D eigenvalue weighted by atomic mass is 32.1. The lowest BCUT2D eigenvalue weighted by Crippen LogP contribution is -2.01. The molecule has 0 atom stereocenters. The molecular formula is C17H26O3S. The van der Waals surface area contributed by atoms with Crippen molar-refractivity contribution in [2.24, 2.45) is 0 Å². The van der Waals surface area contributed by atoms with Crippen molar-refractivity contribution in [1.29, 1.82) is 0 Å². The third kappa shape index (κ3) is 8.00. The van der Waals surface area contributed by atoms with Gasteiger partial charge in [0.1, 0.15) is 5.75 Å². The molecule has 1 rings (SSSR count). The lowest BCUT2D eigenvalue weighted by molar-refractivity contribution is 0.0600. The Morgan fingerprint density at radius 2 is 1.52 bits per heavy atom. The van der Waals surface area contributed by atoms with E-state index in [0.29, 0.717) is 5.56 Å². The van der Waals surface area contributed by atoms with Crippen LogP contribution in [0.15, 0.2) is 24.3 Å². The first-order valence-electron chi connectivity index (χ1n) is 7.70. The number of methoxy groups -OCH3 is 1. The summed E-state index contributed by atoms with van der Waals surface area (Å²) in [6, 6.07) is 7.07. The van der Waals surface area contributed by atoms with Crippen molar-refractivity contribution in [2.75, 3.05) is 19.5 Å². The first-order valence-corrected chi connectivity index (χ1v) is 8.33. The smallest absolute Gasteiger partial charge is 0.337 e. The van der Waals surface area contributed by atoms with Gasteiger partial charge in [-0.05, 0) is 42.9 Å². The number of ether oxygens (including phenoxy) is 2. The molecule has 0 N–H and O–H groups in total. The second kappa shape index (κ2) is 11.5. The topological polar surface area (TPSA) is 35.5 Å². The molecule has 1 aromatic rings. The van der Waals surface area contributed by atoms with Crippen LogP contribution in [0.1, 0.15) is 55.3 Å². The predicted octanol–water partition coefficient (Wildman–Crippen LogP) is 4.51. The summed E-state index contributed by atoms with van der Waals surface area (Å²) in [6.45, 7) is 0.730. The standard InChI is InChI=1S/C17H26O3S/c1-19-17(18)15-9-11-16(12-10-15)20-13-7-5-3-2-4-6-8-14-21/h9-12,21H,2-8,13-14H2,1H3. The Morgan fingerprint density at radius 3 is 2.10 bits per heavy atom. The molecule has 0 aliphatic heterocycles. The summed E-state index contributed by atoms with van der Waals surface area (Å²) in [7, 11) is 1.38. The van der Waals surface area contributed by atoms with Crippen molar-refractivity contribution in [3.05, 3.63) is 29.8 Å². The third-order valence-corrected chi connectivity index (χ3v) is 3.66. The summed E-state index contributed by atoms with van der Waals surface area (Å²) < 4.78 is 10.3. The van der Waals surface area contributed by atoms with Gasteiger partial charge >= 0.3 is 5.97 Å². The molecule has 0 aliphatic rings. The Balaban J connectivity index is 2.06. The molecule has 0 fully saturated rings. The Labute approximate surface area is 133 Å². The maximum Gasteiger partial charge on any atom is 0.337 e. The van der Waals surface area contributed by atoms with E-state index in [1.807, 2.05) is 12.1 Å². The SMILES string of the molecule is COC(=O)c1ccc(OCCCCCCCCCS)cc1. The lowest BCUT2D eigenvalue weighted by Gasteiger charge is -2.07. The monoisotopic (exact) mass is 310 g/mol. The summed E-state index contributed by atoms with van der Waals surface area (Å²) in [5.41, 5.74) is 0.547. The predicted molar refractivity (Wildman–Crippen MR) is 89.4 cm³/mol. The molecule has 0 unspecified atom stereocenters. The average Bonchev–Trinajstić information content (AvgIpc) is 2.53. The molecule has 0 bridgehead atoms. The highest BCUT2D eigenvalue weighted by molar-refractivity contribution is 7.80. The molecule has 1 aromatic carbocycles. The second-order valence-electron chi connectivity index (χ2n) is 5.06. The van der Waals surface area contributed by atoms with E-state index >= 15 is 0 Å². The van der Waals surface area contributed by atoms with Crippen LogP contribution in [0.3, 0.4) is 0 Å². The average molecular weight is 310 g/mol. The quantitative estimate of drug-likeness (QED) is 0.371. The molecule has 0 radical (unpaired) electrons. The molecule has 0 saturated heterocycles. The van der Waals surface area contributed by atoms with E-state index in [1.54, 1.807) is 12.1 Å². The Morgan fingerprint density at radius 1 is 0.952 bits per heavy atom. The van der Waals surface area contributed by atoms with Crippen molar-refractivity contribution < 1.29 is 14.3 Å². The van der Waals surface area contributed by atoms with Gasteiger partial charge in [-0.25, -0.2) is 4.79 Å². The Kier molecular flexibility index (Phi) is 9.79. The maximum atomic E-state index is 11.3. The van der Waals surface area contributed by atoms with Crippen LogP contribution in [0.2, 0.25) is 0 Å². The van der Waals surface area contributed by atoms with Crippen molar-refractivity contribution in [3.63, 3.8) is 0 Å². The molecule has 0 spiro atoms. The minimum absolute atomic E-state index is 0.320. The minimum Gasteiger partial charge on any atom is -0.494 e. The third-order valence-electron chi connectivity index (χ3n) is 3.35. The first kappa shape index (κ1) is 17.9. The number of carbonyl (C=O) groups excluding carboxylic acids is 1. The van der Waals surface area contributed by atoms with E-state index in [-0.39, 0.29) is 5.97 Å². The van der Waals surface area contributed by atoms with Crippen LogP contribution in [0.25, 0.3) is 0 Å². The van der Waals surface area contributed by atoms with E-state index in [4.69, 9.17) is 4.74 Å². The normalized spacial score (nSPS) is 10.4. The number of hydrogen-bond acceptors (Lipinski definition) is 4. The molecule has 118 valence electrons. The molecule has 0 amide bonds. The zero-order valence-electron chi connectivity index (χ0n) is 12.8. The van der Waals surface area contributed by atoms with E-state index in [0.717, 1.165) is 24.5 Å². The van der Waals surface area contributed by atoms with Crippen LogP contribution < -0.4 is 4.74 Å². The van der Waals surface area contributed by atoms with Crippen molar-refractivity contribution in [1.82, 2.24) is 0 Å². The molecule has 21 heavy (non-hydrogen) atoms. The summed E-state index contributed by atoms with van der Waals surface area (Å²) in [5.74, 6) is 1.48. The number of thiol groups is 1. The van der Waals surface area contributed by atoms with Gasteiger partial charge in [-0.15, -0.1) is 0 Å². The number of carbonyl (C=O) groups is 1. The van der Waals surface area contributed by atoms with Crippen molar-refractivity contribution in [2.45, 2.75) is 44.9 Å². The number of rotatable bonds is 11. The number of benzene rings is 1. The summed E-state index contributed by atoms with van der Waals surface area (Å²) in [6.07, 6.45) is 8.71. The number of esters is 1. The van der Waals surface area contributed by atoms with Gasteiger partial charge in [0.25, 0.3) is 0 Å². The van der Waals surface area contributed by atoms with Crippen LogP contribution in [-0.2, 0) is 4.74 Å². The molecule has 0 saturated carbocycles. The highest BCUT2D eigenvalue weighted by Crippen LogP contribution is 2.14. The van der Waals surface area contributed by atoms with Crippen molar-refractivity contribution in [3.8, 4) is 5.75 Å². The lowest BCUT2D eigenvalue weighted by atomic mass is 10.1. The van der Waals surface area contributed by atoms with Gasteiger partial charge in [0.2, 0.25) is 0 Å². The van der Waals surface area contributed by atoms with Gasteiger partial charge in [-0.2, -0.15) is 12.6 Å². The highest BCUT2D eigenvalue weighted by Gasteiger charge is 2.04.